The topological polar surface area (TPSA) is 49.4 Å². The number of benzene rings is 1. The van der Waals surface area contributed by atoms with Gasteiger partial charge in [-0.3, -0.25) is 0 Å². The maximum atomic E-state index is 13.6. The molecule has 1 unspecified atom stereocenters. The molecule has 0 aromatic heterocycles. The molecule has 0 spiro atoms. The molecule has 1 saturated heterocycles. The molecule has 0 bridgehead atoms. The van der Waals surface area contributed by atoms with Crippen LogP contribution in [0.2, 0.25) is 0 Å². The van der Waals surface area contributed by atoms with Crippen molar-refractivity contribution in [2.45, 2.75) is 19.4 Å². The van der Waals surface area contributed by atoms with Crippen LogP contribution < -0.4 is 10.2 Å². The lowest BCUT2D eigenvalue weighted by Gasteiger charge is -2.36. The Morgan fingerprint density at radius 1 is 1.42 bits per heavy atom. The maximum Gasteiger partial charge on any atom is 0.154 e. The quantitative estimate of drug-likeness (QED) is 0.785. The highest BCUT2D eigenvalue weighted by Crippen LogP contribution is 2.35. The van der Waals surface area contributed by atoms with E-state index in [1.165, 1.54) is 6.07 Å². The molecule has 1 fully saturated rings. The second-order valence-electron chi connectivity index (χ2n) is 5.30. The summed E-state index contributed by atoms with van der Waals surface area (Å²) in [6.07, 6.45) is 0.759. The third-order valence-corrected chi connectivity index (χ3v) is 5.61. The predicted octanol–water partition coefficient (Wildman–Crippen LogP) is 1.55. The second kappa shape index (κ2) is 4.37. The van der Waals surface area contributed by atoms with Crippen molar-refractivity contribution in [3.05, 3.63) is 23.5 Å². The monoisotopic (exact) mass is 284 g/mol. The van der Waals surface area contributed by atoms with Crippen molar-refractivity contribution in [3.8, 4) is 0 Å². The molecule has 1 aromatic rings. The smallest absolute Gasteiger partial charge is 0.154 e. The van der Waals surface area contributed by atoms with Crippen molar-refractivity contribution >= 4 is 21.2 Å². The fourth-order valence-corrected chi connectivity index (χ4v) is 4.44. The molecular weight excluding hydrogens is 267 g/mol. The molecule has 2 heterocycles. The zero-order chi connectivity index (χ0) is 13.6. The van der Waals surface area contributed by atoms with E-state index in [-0.39, 0.29) is 23.4 Å². The number of sulfone groups is 1. The van der Waals surface area contributed by atoms with Crippen LogP contribution in [0.1, 0.15) is 12.0 Å². The molecule has 104 valence electrons. The Kier molecular flexibility index (Phi) is 2.92. The number of aryl methyl sites for hydroxylation is 1. The van der Waals surface area contributed by atoms with E-state index in [0.29, 0.717) is 18.7 Å². The number of anilines is 2. The van der Waals surface area contributed by atoms with Gasteiger partial charge in [0.05, 0.1) is 22.9 Å². The van der Waals surface area contributed by atoms with E-state index >= 15 is 0 Å². The van der Waals surface area contributed by atoms with Gasteiger partial charge in [0.1, 0.15) is 5.82 Å². The van der Waals surface area contributed by atoms with Crippen molar-refractivity contribution in [1.82, 2.24) is 0 Å². The van der Waals surface area contributed by atoms with Crippen molar-refractivity contribution in [2.24, 2.45) is 0 Å². The largest absolute Gasteiger partial charge is 0.383 e. The fraction of sp³-hybridized carbons (Fsp3) is 0.538. The van der Waals surface area contributed by atoms with Gasteiger partial charge in [-0.2, -0.15) is 0 Å². The first kappa shape index (κ1) is 12.7. The highest BCUT2D eigenvalue weighted by molar-refractivity contribution is 7.91. The van der Waals surface area contributed by atoms with Gasteiger partial charge in [-0.05, 0) is 31.0 Å². The van der Waals surface area contributed by atoms with E-state index in [9.17, 15) is 12.8 Å². The van der Waals surface area contributed by atoms with Crippen molar-refractivity contribution in [1.29, 1.82) is 0 Å². The van der Waals surface area contributed by atoms with Crippen molar-refractivity contribution in [2.75, 3.05) is 34.8 Å². The lowest BCUT2D eigenvalue weighted by Crippen LogP contribution is -2.48. The Hall–Kier alpha value is -1.30. The third-order valence-electron chi connectivity index (χ3n) is 3.91. The lowest BCUT2D eigenvalue weighted by atomic mass is 10.1. The highest BCUT2D eigenvalue weighted by atomic mass is 32.2. The molecule has 2 aliphatic heterocycles. The van der Waals surface area contributed by atoms with E-state index in [0.717, 1.165) is 17.8 Å². The first-order chi connectivity index (χ1) is 8.96. The number of nitrogens with zero attached hydrogens (tertiary/aromatic N) is 1. The number of rotatable bonds is 0. The number of fused-ring (bicyclic) bond motifs is 3. The minimum Gasteiger partial charge on any atom is -0.383 e. The van der Waals surface area contributed by atoms with Gasteiger partial charge in [-0.25, -0.2) is 12.8 Å². The van der Waals surface area contributed by atoms with E-state index in [2.05, 4.69) is 10.2 Å². The summed E-state index contributed by atoms with van der Waals surface area (Å²) < 4.78 is 37.1. The number of hydrogen-bond acceptors (Lipinski definition) is 4. The average Bonchev–Trinajstić information content (AvgIpc) is 2.48. The van der Waals surface area contributed by atoms with Gasteiger partial charge in [-0.15, -0.1) is 0 Å². The van der Waals surface area contributed by atoms with Gasteiger partial charge < -0.3 is 10.2 Å². The molecule has 2 aliphatic rings. The van der Waals surface area contributed by atoms with Gasteiger partial charge in [0.2, 0.25) is 0 Å². The van der Waals surface area contributed by atoms with Crippen LogP contribution in [0.3, 0.4) is 0 Å². The Morgan fingerprint density at radius 2 is 2.21 bits per heavy atom. The Morgan fingerprint density at radius 3 is 3.00 bits per heavy atom. The SMILES string of the molecule is Cc1cc2c(cc1F)NCCC1CS(=O)(=O)CCN21. The normalized spacial score (nSPS) is 24.9. The predicted molar refractivity (Wildman–Crippen MR) is 74.0 cm³/mol. The minimum atomic E-state index is -2.93. The summed E-state index contributed by atoms with van der Waals surface area (Å²) >= 11 is 0. The van der Waals surface area contributed by atoms with Crippen LogP contribution in [-0.2, 0) is 9.84 Å². The maximum absolute atomic E-state index is 13.6. The summed E-state index contributed by atoms with van der Waals surface area (Å²) in [4.78, 5) is 2.11. The van der Waals surface area contributed by atoms with E-state index in [1.807, 2.05) is 6.07 Å². The van der Waals surface area contributed by atoms with E-state index in [4.69, 9.17) is 0 Å². The van der Waals surface area contributed by atoms with Crippen LogP contribution in [0.5, 0.6) is 0 Å². The summed E-state index contributed by atoms with van der Waals surface area (Å²) in [5.41, 5.74) is 2.29. The summed E-state index contributed by atoms with van der Waals surface area (Å²) in [6.45, 7) is 2.90. The molecule has 1 aromatic carbocycles. The summed E-state index contributed by atoms with van der Waals surface area (Å²) in [5.74, 6) is 0.151. The van der Waals surface area contributed by atoms with Crippen molar-refractivity contribution in [3.63, 3.8) is 0 Å². The van der Waals surface area contributed by atoms with E-state index in [1.54, 1.807) is 6.92 Å². The first-order valence-corrected chi connectivity index (χ1v) is 8.29. The van der Waals surface area contributed by atoms with Crippen LogP contribution >= 0.6 is 0 Å². The minimum absolute atomic E-state index is 0.00244. The standard InChI is InChI=1S/C13H17FN2O2S/c1-9-6-13-12(7-11(9)14)15-3-2-10-8-19(17,18)5-4-16(10)13/h6-7,10,15H,2-5,8H2,1H3. The van der Waals surface area contributed by atoms with Crippen LogP contribution in [-0.4, -0.2) is 39.1 Å². The third kappa shape index (κ3) is 2.29. The molecular formula is C13H17FN2O2S. The lowest BCUT2D eigenvalue weighted by molar-refractivity contribution is 0.549. The number of hydrogen-bond donors (Lipinski definition) is 1. The van der Waals surface area contributed by atoms with Gasteiger partial charge in [0.25, 0.3) is 0 Å². The summed E-state index contributed by atoms with van der Waals surface area (Å²) in [7, 11) is -2.93. The second-order valence-corrected chi connectivity index (χ2v) is 7.52. The van der Waals surface area contributed by atoms with Crippen LogP contribution in [0.25, 0.3) is 0 Å². The molecule has 1 N–H and O–H groups in total. The molecule has 19 heavy (non-hydrogen) atoms. The molecule has 0 amide bonds. The van der Waals surface area contributed by atoms with Crippen LogP contribution in [0.15, 0.2) is 12.1 Å². The molecule has 0 radical (unpaired) electrons. The van der Waals surface area contributed by atoms with Crippen molar-refractivity contribution < 1.29 is 12.8 Å². The summed E-state index contributed by atoms with van der Waals surface area (Å²) in [5, 5.41) is 3.20. The molecule has 6 heteroatoms. The van der Waals surface area contributed by atoms with Gasteiger partial charge in [0, 0.05) is 19.1 Å². The first-order valence-electron chi connectivity index (χ1n) is 6.47. The molecule has 1 atom stereocenters. The highest BCUT2D eigenvalue weighted by Gasteiger charge is 2.33. The summed E-state index contributed by atoms with van der Waals surface area (Å²) in [6, 6.07) is 3.32. The Balaban J connectivity index is 2.04. The molecule has 4 nitrogen and oxygen atoms in total. The average molecular weight is 284 g/mol. The molecule has 0 saturated carbocycles. The number of halogens is 1. The molecule has 3 rings (SSSR count). The van der Waals surface area contributed by atoms with Gasteiger partial charge >= 0.3 is 0 Å². The van der Waals surface area contributed by atoms with E-state index < -0.39 is 9.84 Å². The zero-order valence-corrected chi connectivity index (χ0v) is 11.6. The van der Waals surface area contributed by atoms with Crippen LogP contribution in [0, 0.1) is 12.7 Å². The number of nitrogens with one attached hydrogen (secondary N) is 1. The fourth-order valence-electron chi connectivity index (χ4n) is 2.86. The molecule has 0 aliphatic carbocycles. The Labute approximate surface area is 112 Å². The van der Waals surface area contributed by atoms with Gasteiger partial charge in [0.15, 0.2) is 9.84 Å². The zero-order valence-electron chi connectivity index (χ0n) is 10.8. The van der Waals surface area contributed by atoms with Crippen LogP contribution in [0.4, 0.5) is 15.8 Å². The Bertz CT molecular complexity index is 615. The van der Waals surface area contributed by atoms with Gasteiger partial charge in [-0.1, -0.05) is 0 Å².